The second kappa shape index (κ2) is 12.3. The molecule has 0 bridgehead atoms. The molecule has 2 heterocycles. The molecule has 3 atom stereocenters. The maximum atomic E-state index is 13.3. The Morgan fingerprint density at radius 1 is 1.10 bits per heavy atom. The molecule has 3 rings (SSSR count). The van der Waals surface area contributed by atoms with Crippen LogP contribution in [0.25, 0.3) is 0 Å². The van der Waals surface area contributed by atoms with Gasteiger partial charge in [-0.05, 0) is 49.7 Å². The van der Waals surface area contributed by atoms with E-state index in [4.69, 9.17) is 10.5 Å². The number of thioether (sulfide) groups is 1. The third-order valence-electron chi connectivity index (χ3n) is 5.80. The first-order valence-corrected chi connectivity index (χ1v) is 12.0. The number of carbonyl (C=O) groups excluding carboxylic acids is 3. The number of nitrogens with zero attached hydrogens (tertiary/aromatic N) is 2. The van der Waals surface area contributed by atoms with Gasteiger partial charge >= 0.3 is 5.97 Å². The zero-order valence-corrected chi connectivity index (χ0v) is 19.5. The molecular formula is C22H32ClN3O4S. The van der Waals surface area contributed by atoms with E-state index in [-0.39, 0.29) is 36.8 Å². The first-order valence-electron chi connectivity index (χ1n) is 10.6. The molecule has 0 spiro atoms. The predicted molar refractivity (Wildman–Crippen MR) is 124 cm³/mol. The lowest BCUT2D eigenvalue weighted by Crippen LogP contribution is -2.54. The lowest BCUT2D eigenvalue weighted by atomic mass is 10.1. The predicted octanol–water partition coefficient (Wildman–Crippen LogP) is 2.21. The summed E-state index contributed by atoms with van der Waals surface area (Å²) in [4.78, 5) is 42.0. The largest absolute Gasteiger partial charge is 0.459 e. The number of nitrogens with two attached hydrogens (primary N) is 1. The molecule has 172 valence electrons. The number of rotatable bonds is 8. The SMILES string of the molecule is CSCC[C@H](N)C(=O)N1CCC[C@H]1C(=O)N1CCC[C@H]1C(=O)OCc1ccccc1.Cl. The molecule has 2 saturated heterocycles. The van der Waals surface area contributed by atoms with E-state index >= 15 is 0 Å². The van der Waals surface area contributed by atoms with Crippen LogP contribution in [0, 0.1) is 0 Å². The van der Waals surface area contributed by atoms with Crippen LogP contribution in [-0.4, -0.2) is 70.8 Å². The number of hydrogen-bond donors (Lipinski definition) is 1. The van der Waals surface area contributed by atoms with E-state index < -0.39 is 18.1 Å². The summed E-state index contributed by atoms with van der Waals surface area (Å²) in [7, 11) is 0. The van der Waals surface area contributed by atoms with Crippen LogP contribution in [-0.2, 0) is 25.7 Å². The number of esters is 1. The maximum Gasteiger partial charge on any atom is 0.329 e. The summed E-state index contributed by atoms with van der Waals surface area (Å²) in [5.41, 5.74) is 6.98. The molecule has 2 aliphatic rings. The summed E-state index contributed by atoms with van der Waals surface area (Å²) in [5.74, 6) is 0.109. The molecule has 31 heavy (non-hydrogen) atoms. The quantitative estimate of drug-likeness (QED) is 0.587. The summed E-state index contributed by atoms with van der Waals surface area (Å²) in [6, 6.07) is 7.79. The van der Waals surface area contributed by atoms with Gasteiger partial charge in [0.1, 0.15) is 18.7 Å². The number of benzene rings is 1. The van der Waals surface area contributed by atoms with Crippen molar-refractivity contribution in [1.29, 1.82) is 0 Å². The fourth-order valence-electron chi connectivity index (χ4n) is 4.16. The second-order valence-electron chi connectivity index (χ2n) is 7.86. The summed E-state index contributed by atoms with van der Waals surface area (Å²) in [5, 5.41) is 0. The topological polar surface area (TPSA) is 92.9 Å². The second-order valence-corrected chi connectivity index (χ2v) is 8.85. The van der Waals surface area contributed by atoms with Crippen molar-refractivity contribution in [2.24, 2.45) is 5.73 Å². The highest BCUT2D eigenvalue weighted by molar-refractivity contribution is 7.98. The van der Waals surface area contributed by atoms with Crippen LogP contribution in [0.1, 0.15) is 37.7 Å². The van der Waals surface area contributed by atoms with Gasteiger partial charge in [0, 0.05) is 13.1 Å². The van der Waals surface area contributed by atoms with Crippen molar-refractivity contribution in [3.05, 3.63) is 35.9 Å². The Morgan fingerprint density at radius 2 is 1.74 bits per heavy atom. The van der Waals surface area contributed by atoms with Crippen LogP contribution in [0.15, 0.2) is 30.3 Å². The van der Waals surface area contributed by atoms with Crippen LogP contribution in [0.3, 0.4) is 0 Å². The number of hydrogen-bond acceptors (Lipinski definition) is 6. The fourth-order valence-corrected chi connectivity index (χ4v) is 4.65. The van der Waals surface area contributed by atoms with Crippen molar-refractivity contribution in [2.45, 2.75) is 56.8 Å². The average Bonchev–Trinajstić information content (AvgIpc) is 3.45. The minimum absolute atomic E-state index is 0. The molecule has 2 amide bonds. The standard InChI is InChI=1S/C22H31N3O4S.ClH/c1-30-14-11-17(23)20(26)24-12-5-9-18(24)21(27)25-13-6-10-19(25)22(28)29-15-16-7-3-2-4-8-16;/h2-4,7-8,17-19H,5-6,9-15,23H2,1H3;1H/t17-,18-,19-;/m0./s1. The van der Waals surface area contributed by atoms with Crippen molar-refractivity contribution in [3.8, 4) is 0 Å². The first kappa shape index (κ1) is 25.5. The third-order valence-corrected chi connectivity index (χ3v) is 6.45. The number of halogens is 1. The van der Waals surface area contributed by atoms with Crippen LogP contribution < -0.4 is 5.73 Å². The lowest BCUT2D eigenvalue weighted by Gasteiger charge is -2.31. The average molecular weight is 470 g/mol. The molecule has 0 radical (unpaired) electrons. The molecule has 2 fully saturated rings. The number of ether oxygens (including phenoxy) is 1. The van der Waals surface area contributed by atoms with Crippen LogP contribution in [0.5, 0.6) is 0 Å². The minimum atomic E-state index is -0.587. The molecule has 1 aromatic carbocycles. The van der Waals surface area contributed by atoms with E-state index in [1.54, 1.807) is 21.6 Å². The molecular weight excluding hydrogens is 438 g/mol. The molecule has 0 aliphatic carbocycles. The Morgan fingerprint density at radius 3 is 2.42 bits per heavy atom. The number of likely N-dealkylation sites (tertiary alicyclic amines) is 2. The Labute approximate surface area is 194 Å². The monoisotopic (exact) mass is 469 g/mol. The Bertz CT molecular complexity index is 752. The zero-order chi connectivity index (χ0) is 21.5. The van der Waals surface area contributed by atoms with E-state index in [2.05, 4.69) is 0 Å². The van der Waals surface area contributed by atoms with Gasteiger partial charge in [0.25, 0.3) is 0 Å². The van der Waals surface area contributed by atoms with Crippen molar-refractivity contribution < 1.29 is 19.1 Å². The van der Waals surface area contributed by atoms with E-state index in [1.807, 2.05) is 36.6 Å². The summed E-state index contributed by atoms with van der Waals surface area (Å²) in [6.07, 6.45) is 5.30. The number of carbonyl (C=O) groups is 3. The molecule has 0 aromatic heterocycles. The van der Waals surface area contributed by atoms with Crippen molar-refractivity contribution in [2.75, 3.05) is 25.1 Å². The van der Waals surface area contributed by atoms with Gasteiger partial charge in [0.2, 0.25) is 11.8 Å². The summed E-state index contributed by atoms with van der Waals surface area (Å²) >= 11 is 1.65. The van der Waals surface area contributed by atoms with Gasteiger partial charge in [-0.15, -0.1) is 12.4 Å². The Hall–Kier alpha value is -1.77. The molecule has 9 heteroatoms. The van der Waals surface area contributed by atoms with Gasteiger partial charge in [-0.2, -0.15) is 11.8 Å². The highest BCUT2D eigenvalue weighted by Gasteiger charge is 2.43. The summed E-state index contributed by atoms with van der Waals surface area (Å²) in [6.45, 7) is 1.25. The van der Waals surface area contributed by atoms with Crippen LogP contribution in [0.2, 0.25) is 0 Å². The molecule has 2 N–H and O–H groups in total. The first-order chi connectivity index (χ1) is 14.5. The van der Waals surface area contributed by atoms with Crippen molar-refractivity contribution >= 4 is 42.0 Å². The van der Waals surface area contributed by atoms with E-state index in [9.17, 15) is 14.4 Å². The van der Waals surface area contributed by atoms with E-state index in [0.717, 1.165) is 24.2 Å². The highest BCUT2D eigenvalue weighted by Crippen LogP contribution is 2.26. The Kier molecular flexibility index (Phi) is 10.1. The smallest absolute Gasteiger partial charge is 0.329 e. The molecule has 1 aromatic rings. The van der Waals surface area contributed by atoms with Crippen LogP contribution >= 0.6 is 24.2 Å². The lowest BCUT2D eigenvalue weighted by molar-refractivity contribution is -0.156. The van der Waals surface area contributed by atoms with E-state index in [1.165, 1.54) is 0 Å². The van der Waals surface area contributed by atoms with Crippen molar-refractivity contribution in [1.82, 2.24) is 9.80 Å². The summed E-state index contributed by atoms with van der Waals surface area (Å²) < 4.78 is 5.48. The van der Waals surface area contributed by atoms with Crippen LogP contribution in [0.4, 0.5) is 0 Å². The Balaban J connectivity index is 0.00000341. The normalized spacial score (nSPS) is 21.5. The van der Waals surface area contributed by atoms with Gasteiger partial charge in [-0.3, -0.25) is 9.59 Å². The highest BCUT2D eigenvalue weighted by atomic mass is 35.5. The molecule has 0 unspecified atom stereocenters. The molecule has 0 saturated carbocycles. The van der Waals surface area contributed by atoms with Gasteiger partial charge in [-0.25, -0.2) is 4.79 Å². The van der Waals surface area contributed by atoms with Gasteiger partial charge in [0.15, 0.2) is 0 Å². The maximum absolute atomic E-state index is 13.3. The molecule has 7 nitrogen and oxygen atoms in total. The fraction of sp³-hybridized carbons (Fsp3) is 0.591. The van der Waals surface area contributed by atoms with Gasteiger partial charge in [-0.1, -0.05) is 30.3 Å². The molecule has 2 aliphatic heterocycles. The zero-order valence-electron chi connectivity index (χ0n) is 17.9. The minimum Gasteiger partial charge on any atom is -0.459 e. The van der Waals surface area contributed by atoms with Gasteiger partial charge in [0.05, 0.1) is 6.04 Å². The van der Waals surface area contributed by atoms with Crippen molar-refractivity contribution in [3.63, 3.8) is 0 Å². The number of amides is 2. The third kappa shape index (κ3) is 6.37. The van der Waals surface area contributed by atoms with Gasteiger partial charge < -0.3 is 20.3 Å². The van der Waals surface area contributed by atoms with E-state index in [0.29, 0.717) is 32.4 Å².